The van der Waals surface area contributed by atoms with E-state index in [1.165, 1.54) is 5.56 Å². The molecule has 0 fully saturated rings. The molecular weight excluding hydrogens is 142 g/mol. The summed E-state index contributed by atoms with van der Waals surface area (Å²) in [5, 5.41) is 0. The molecule has 0 N–H and O–H groups in total. The summed E-state index contributed by atoms with van der Waals surface area (Å²) in [6.45, 7) is 8.08. The molecule has 12 heavy (non-hydrogen) atoms. The van der Waals surface area contributed by atoms with Crippen molar-refractivity contribution in [2.45, 2.75) is 27.7 Å². The van der Waals surface area contributed by atoms with Crippen LogP contribution in [0.3, 0.4) is 0 Å². The number of benzene rings is 1. The minimum atomic E-state index is 0.829. The van der Waals surface area contributed by atoms with E-state index in [-0.39, 0.29) is 0 Å². The van der Waals surface area contributed by atoms with E-state index in [0.717, 1.165) is 27.6 Å². The fourth-order valence-electron chi connectivity index (χ4n) is 1.39. The third-order valence-corrected chi connectivity index (χ3v) is 2.74. The second-order valence-corrected chi connectivity index (χ2v) is 3.33. The molecule has 0 nitrogen and oxygen atoms in total. The Balaban J connectivity index is 3.60. The van der Waals surface area contributed by atoms with Gasteiger partial charge in [-0.1, -0.05) is 27.6 Å². The van der Waals surface area contributed by atoms with Gasteiger partial charge in [-0.05, 0) is 33.3 Å². The van der Waals surface area contributed by atoms with Crippen molar-refractivity contribution in [2.75, 3.05) is 0 Å². The smallest absolute Gasteiger partial charge is 0.0912 e. The molecule has 2 heteroatoms. The lowest BCUT2D eigenvalue weighted by Gasteiger charge is -2.16. The summed E-state index contributed by atoms with van der Waals surface area (Å²) >= 11 is 0. The molecule has 58 valence electrons. The first-order chi connectivity index (χ1) is 5.46. The van der Waals surface area contributed by atoms with Crippen LogP contribution in [0, 0.1) is 27.7 Å². The quantitative estimate of drug-likeness (QED) is 0.477. The van der Waals surface area contributed by atoms with Gasteiger partial charge in [0, 0.05) is 0 Å². The minimum Gasteiger partial charge on any atom is -0.0912 e. The average molecular weight is 154 g/mol. The predicted octanol–water partition coefficient (Wildman–Crippen LogP) is 0.508. The molecule has 0 unspecified atom stereocenters. The van der Waals surface area contributed by atoms with Crippen LogP contribution in [0.4, 0.5) is 0 Å². The molecule has 0 saturated heterocycles. The number of rotatable bonds is 0. The van der Waals surface area contributed by atoms with Gasteiger partial charge in [-0.3, -0.25) is 0 Å². The van der Waals surface area contributed by atoms with Crippen molar-refractivity contribution in [1.29, 1.82) is 0 Å². The first-order valence-corrected chi connectivity index (χ1v) is 4.08. The molecule has 4 radical (unpaired) electrons. The zero-order valence-corrected chi connectivity index (χ0v) is 8.15. The van der Waals surface area contributed by atoms with Crippen molar-refractivity contribution in [1.82, 2.24) is 0 Å². The topological polar surface area (TPSA) is 0 Å². The fourth-order valence-corrected chi connectivity index (χ4v) is 1.39. The molecule has 0 bridgehead atoms. The van der Waals surface area contributed by atoms with Crippen molar-refractivity contribution in [2.24, 2.45) is 0 Å². The van der Waals surface area contributed by atoms with E-state index in [2.05, 4.69) is 6.92 Å². The summed E-state index contributed by atoms with van der Waals surface area (Å²) in [5.41, 5.74) is 6.18. The lowest BCUT2D eigenvalue weighted by Crippen LogP contribution is -2.26. The van der Waals surface area contributed by atoms with Crippen LogP contribution in [0.25, 0.3) is 0 Å². The van der Waals surface area contributed by atoms with Crippen LogP contribution in [-0.4, -0.2) is 15.7 Å². The SMILES string of the molecule is [B]c1c(C)c([B])c(C)c(C)c1C. The third-order valence-electron chi connectivity index (χ3n) is 2.74. The van der Waals surface area contributed by atoms with Crippen molar-refractivity contribution in [3.63, 3.8) is 0 Å². The van der Waals surface area contributed by atoms with Gasteiger partial charge in [0.1, 0.15) is 15.7 Å². The fraction of sp³-hybridized carbons (Fsp3) is 0.400. The van der Waals surface area contributed by atoms with Gasteiger partial charge in [0.25, 0.3) is 0 Å². The predicted molar refractivity (Wildman–Crippen MR) is 56.2 cm³/mol. The van der Waals surface area contributed by atoms with Gasteiger partial charge in [0.05, 0.1) is 0 Å². The first-order valence-electron chi connectivity index (χ1n) is 4.08. The largest absolute Gasteiger partial charge is 0.114 e. The van der Waals surface area contributed by atoms with Gasteiger partial charge in [0.15, 0.2) is 0 Å². The van der Waals surface area contributed by atoms with E-state index in [9.17, 15) is 0 Å². The molecule has 0 aliphatic carbocycles. The Kier molecular flexibility index (Phi) is 2.36. The monoisotopic (exact) mass is 154 g/mol. The van der Waals surface area contributed by atoms with Crippen LogP contribution in [0.2, 0.25) is 0 Å². The van der Waals surface area contributed by atoms with Gasteiger partial charge in [-0.2, -0.15) is 0 Å². The highest BCUT2D eigenvalue weighted by molar-refractivity contribution is 6.41. The highest BCUT2D eigenvalue weighted by Crippen LogP contribution is 2.09. The molecule has 0 aliphatic rings. The average Bonchev–Trinajstić information content (AvgIpc) is 2.08. The molecule has 0 aliphatic heterocycles. The molecule has 0 atom stereocenters. The zero-order valence-electron chi connectivity index (χ0n) is 8.15. The second-order valence-electron chi connectivity index (χ2n) is 3.33. The van der Waals surface area contributed by atoms with Crippen molar-refractivity contribution in [3.05, 3.63) is 22.3 Å². The maximum Gasteiger partial charge on any atom is 0.114 e. The van der Waals surface area contributed by atoms with E-state index in [4.69, 9.17) is 15.7 Å². The van der Waals surface area contributed by atoms with E-state index in [1.54, 1.807) is 0 Å². The van der Waals surface area contributed by atoms with Crippen LogP contribution in [0.15, 0.2) is 0 Å². The Hall–Kier alpha value is -0.650. The zero-order chi connectivity index (χ0) is 9.46. The summed E-state index contributed by atoms with van der Waals surface area (Å²) in [7, 11) is 11.7. The Labute approximate surface area is 77.2 Å². The molecule has 0 amide bonds. The summed E-state index contributed by atoms with van der Waals surface area (Å²) in [6, 6.07) is 0. The Bertz CT molecular complexity index is 222. The van der Waals surface area contributed by atoms with Crippen molar-refractivity contribution < 1.29 is 0 Å². The van der Waals surface area contributed by atoms with E-state index >= 15 is 0 Å². The maximum absolute atomic E-state index is 5.87. The third kappa shape index (κ3) is 1.20. The van der Waals surface area contributed by atoms with E-state index < -0.39 is 0 Å². The van der Waals surface area contributed by atoms with E-state index in [0.29, 0.717) is 0 Å². The van der Waals surface area contributed by atoms with Gasteiger partial charge in [-0.25, -0.2) is 0 Å². The molecule has 0 aromatic heterocycles. The Morgan fingerprint density at radius 3 is 1.25 bits per heavy atom. The Morgan fingerprint density at radius 1 is 0.583 bits per heavy atom. The highest BCUT2D eigenvalue weighted by Gasteiger charge is 2.06. The second kappa shape index (κ2) is 3.01. The standard InChI is InChI=1S/C10H12B2/c1-5-6(2)9(11)8(4)10(12)7(5)3/h1-4H3. The maximum atomic E-state index is 5.87. The van der Waals surface area contributed by atoms with Crippen LogP contribution in [0.1, 0.15) is 22.3 Å². The molecule has 1 rings (SSSR count). The number of hydrogen-bond donors (Lipinski definition) is 0. The van der Waals surface area contributed by atoms with Crippen LogP contribution < -0.4 is 10.9 Å². The molecule has 0 saturated carbocycles. The van der Waals surface area contributed by atoms with Gasteiger partial charge >= 0.3 is 0 Å². The Morgan fingerprint density at radius 2 is 0.917 bits per heavy atom. The lowest BCUT2D eigenvalue weighted by atomic mass is 9.74. The lowest BCUT2D eigenvalue weighted by molar-refractivity contribution is 1.28. The van der Waals surface area contributed by atoms with Crippen LogP contribution >= 0.6 is 0 Å². The summed E-state index contributed by atoms with van der Waals surface area (Å²) in [5.74, 6) is 0. The summed E-state index contributed by atoms with van der Waals surface area (Å²) in [6.07, 6.45) is 0. The molecule has 1 aromatic carbocycles. The van der Waals surface area contributed by atoms with Gasteiger partial charge in [0.2, 0.25) is 0 Å². The number of hydrogen-bond acceptors (Lipinski definition) is 0. The van der Waals surface area contributed by atoms with Crippen molar-refractivity contribution >= 4 is 26.6 Å². The normalized spacial score (nSPS) is 10.3. The van der Waals surface area contributed by atoms with Crippen molar-refractivity contribution in [3.8, 4) is 0 Å². The summed E-state index contributed by atoms with van der Waals surface area (Å²) in [4.78, 5) is 0. The van der Waals surface area contributed by atoms with Crippen LogP contribution in [0.5, 0.6) is 0 Å². The summed E-state index contributed by atoms with van der Waals surface area (Å²) < 4.78 is 0. The van der Waals surface area contributed by atoms with Crippen LogP contribution in [-0.2, 0) is 0 Å². The minimum absolute atomic E-state index is 0.829. The van der Waals surface area contributed by atoms with E-state index in [1.807, 2.05) is 20.8 Å². The van der Waals surface area contributed by atoms with Gasteiger partial charge in [-0.15, -0.1) is 0 Å². The molecule has 0 spiro atoms. The molecule has 0 heterocycles. The highest BCUT2D eigenvalue weighted by atomic mass is 14.1. The molecule has 1 aromatic rings. The molecular formula is C10H12B2. The first kappa shape index (κ1) is 9.44. The van der Waals surface area contributed by atoms with Gasteiger partial charge < -0.3 is 0 Å².